The van der Waals surface area contributed by atoms with Crippen molar-refractivity contribution in [3.05, 3.63) is 16.4 Å². The Labute approximate surface area is 109 Å². The molecule has 7 heteroatoms. The number of carbonyl (C=O) groups excluding carboxylic acids is 1. The minimum Gasteiger partial charge on any atom is -0.354 e. The lowest BCUT2D eigenvalue weighted by molar-refractivity contribution is -0.121. The normalized spacial score (nSPS) is 11.0. The molecule has 1 amide bonds. The van der Waals surface area contributed by atoms with Gasteiger partial charge >= 0.3 is 0 Å². The zero-order chi connectivity index (χ0) is 13.7. The Balaban J connectivity index is 2.67. The summed E-state index contributed by atoms with van der Waals surface area (Å²) in [6.07, 6.45) is -0.879. The van der Waals surface area contributed by atoms with Crippen molar-refractivity contribution in [3.63, 3.8) is 0 Å². The molecule has 0 unspecified atom stereocenters. The Morgan fingerprint density at radius 2 is 2.22 bits per heavy atom. The fourth-order valence-corrected chi connectivity index (χ4v) is 1.66. The predicted octanol–water partition coefficient (Wildman–Crippen LogP) is 2.70. The summed E-state index contributed by atoms with van der Waals surface area (Å²) < 4.78 is 26.3. The summed E-state index contributed by atoms with van der Waals surface area (Å²) in [6, 6.07) is 0. The Bertz CT molecular complexity index is 421. The third-order valence-corrected chi connectivity index (χ3v) is 2.98. The Hall–Kier alpha value is -1.17. The van der Waals surface area contributed by atoms with Crippen molar-refractivity contribution in [2.45, 2.75) is 39.7 Å². The van der Waals surface area contributed by atoms with E-state index < -0.39 is 12.1 Å². The minimum absolute atomic E-state index is 0.0774. The average Bonchev–Trinajstić information content (AvgIpc) is 2.58. The van der Waals surface area contributed by atoms with Gasteiger partial charge in [-0.25, -0.2) is 8.78 Å². The first-order valence-corrected chi connectivity index (χ1v) is 6.12. The fraction of sp³-hybridized carbons (Fsp3) is 0.636. The number of amides is 1. The van der Waals surface area contributed by atoms with Crippen molar-refractivity contribution in [2.24, 2.45) is 0 Å². The molecule has 1 rings (SSSR count). The molecule has 0 radical (unpaired) electrons. The summed E-state index contributed by atoms with van der Waals surface area (Å²) in [6.45, 7) is 4.05. The van der Waals surface area contributed by atoms with Crippen LogP contribution in [0.25, 0.3) is 0 Å². The van der Waals surface area contributed by atoms with Gasteiger partial charge in [0, 0.05) is 6.54 Å². The van der Waals surface area contributed by atoms with Gasteiger partial charge in [-0.05, 0) is 13.3 Å². The van der Waals surface area contributed by atoms with E-state index >= 15 is 0 Å². The van der Waals surface area contributed by atoms with Crippen LogP contribution >= 0.6 is 11.6 Å². The molecule has 4 nitrogen and oxygen atoms in total. The van der Waals surface area contributed by atoms with Crippen LogP contribution in [0, 0.1) is 6.92 Å². The maximum atomic E-state index is 12.5. The first-order chi connectivity index (χ1) is 8.47. The molecular weight excluding hydrogens is 264 g/mol. The first kappa shape index (κ1) is 14.9. The average molecular weight is 280 g/mol. The summed E-state index contributed by atoms with van der Waals surface area (Å²) in [5.74, 6) is -0.258. The summed E-state index contributed by atoms with van der Waals surface area (Å²) in [7, 11) is 0. The highest BCUT2D eigenvalue weighted by molar-refractivity contribution is 6.31. The van der Waals surface area contributed by atoms with Gasteiger partial charge in [-0.15, -0.1) is 0 Å². The van der Waals surface area contributed by atoms with Crippen molar-refractivity contribution in [1.29, 1.82) is 0 Å². The van der Waals surface area contributed by atoms with E-state index in [1.807, 2.05) is 6.92 Å². The largest absolute Gasteiger partial charge is 0.354 e. The Kier molecular flexibility index (Phi) is 5.53. The molecule has 0 aliphatic heterocycles. The second-order valence-electron chi connectivity index (χ2n) is 3.95. The number of nitrogens with zero attached hydrogens (tertiary/aromatic N) is 2. The quantitative estimate of drug-likeness (QED) is 0.814. The number of aromatic nitrogens is 2. The third kappa shape index (κ3) is 3.66. The zero-order valence-corrected chi connectivity index (χ0v) is 11.1. The number of alkyl halides is 2. The van der Waals surface area contributed by atoms with Crippen molar-refractivity contribution < 1.29 is 13.6 Å². The molecular formula is C11H16ClF2N3O. The van der Waals surface area contributed by atoms with Gasteiger partial charge in [-0.1, -0.05) is 24.9 Å². The van der Waals surface area contributed by atoms with Crippen LogP contribution in [0.5, 0.6) is 0 Å². The molecule has 1 aromatic heterocycles. The lowest BCUT2D eigenvalue weighted by Gasteiger charge is -2.05. The van der Waals surface area contributed by atoms with Crippen LogP contribution in [0.3, 0.4) is 0 Å². The second-order valence-corrected chi connectivity index (χ2v) is 4.32. The molecule has 1 N–H and O–H groups in total. The molecule has 1 aromatic rings. The molecule has 0 aromatic carbocycles. The van der Waals surface area contributed by atoms with Crippen LogP contribution < -0.4 is 5.32 Å². The monoisotopic (exact) mass is 279 g/mol. The summed E-state index contributed by atoms with van der Waals surface area (Å²) in [5, 5.41) is 6.26. The van der Waals surface area contributed by atoms with Crippen LogP contribution in [-0.2, 0) is 11.3 Å². The predicted molar refractivity (Wildman–Crippen MR) is 64.8 cm³/mol. The standard InChI is InChI=1S/C11H16ClF2N3O/c1-3-4-5-15-8(18)6-17-7(2)9(12)10(16-17)11(13)14/h11H,3-6H2,1-2H3,(H,15,18). The van der Waals surface area contributed by atoms with E-state index in [1.165, 1.54) is 4.68 Å². The zero-order valence-electron chi connectivity index (χ0n) is 10.3. The van der Waals surface area contributed by atoms with Crippen molar-refractivity contribution in [2.75, 3.05) is 6.54 Å². The first-order valence-electron chi connectivity index (χ1n) is 5.75. The van der Waals surface area contributed by atoms with Crippen molar-refractivity contribution in [1.82, 2.24) is 15.1 Å². The SMILES string of the molecule is CCCCNC(=O)Cn1nc(C(F)F)c(Cl)c1C. The lowest BCUT2D eigenvalue weighted by atomic mass is 10.3. The van der Waals surface area contributed by atoms with Crippen LogP contribution in [0.1, 0.15) is 37.6 Å². The number of hydrogen-bond acceptors (Lipinski definition) is 2. The Morgan fingerprint density at radius 3 is 2.72 bits per heavy atom. The van der Waals surface area contributed by atoms with Gasteiger partial charge in [0.15, 0.2) is 0 Å². The molecule has 0 bridgehead atoms. The van der Waals surface area contributed by atoms with E-state index in [0.29, 0.717) is 12.2 Å². The van der Waals surface area contributed by atoms with E-state index in [9.17, 15) is 13.6 Å². The topological polar surface area (TPSA) is 46.9 Å². The summed E-state index contributed by atoms with van der Waals surface area (Å²) in [4.78, 5) is 11.5. The molecule has 0 fully saturated rings. The number of hydrogen-bond donors (Lipinski definition) is 1. The van der Waals surface area contributed by atoms with Gasteiger partial charge in [0.05, 0.1) is 10.7 Å². The second kappa shape index (κ2) is 6.68. The summed E-state index contributed by atoms with van der Waals surface area (Å²) >= 11 is 5.72. The number of unbranched alkanes of at least 4 members (excludes halogenated alkanes) is 1. The Morgan fingerprint density at radius 1 is 1.56 bits per heavy atom. The molecule has 0 aliphatic rings. The fourth-order valence-electron chi connectivity index (χ4n) is 1.44. The van der Waals surface area contributed by atoms with Gasteiger partial charge in [-0.2, -0.15) is 5.10 Å². The van der Waals surface area contributed by atoms with E-state index in [2.05, 4.69) is 10.4 Å². The van der Waals surface area contributed by atoms with Crippen LogP contribution in [0.15, 0.2) is 0 Å². The third-order valence-electron chi connectivity index (χ3n) is 2.51. The summed E-state index contributed by atoms with van der Waals surface area (Å²) in [5.41, 5.74) is -0.104. The minimum atomic E-state index is -2.74. The van der Waals surface area contributed by atoms with Gasteiger partial charge in [-0.3, -0.25) is 9.48 Å². The number of halogens is 3. The molecule has 1 heterocycles. The highest BCUT2D eigenvalue weighted by Gasteiger charge is 2.21. The van der Waals surface area contributed by atoms with Gasteiger partial charge < -0.3 is 5.32 Å². The van der Waals surface area contributed by atoms with E-state index in [4.69, 9.17) is 11.6 Å². The molecule has 102 valence electrons. The maximum absolute atomic E-state index is 12.5. The molecule has 0 saturated carbocycles. The van der Waals surface area contributed by atoms with Crippen molar-refractivity contribution >= 4 is 17.5 Å². The van der Waals surface area contributed by atoms with Gasteiger partial charge in [0.2, 0.25) is 5.91 Å². The van der Waals surface area contributed by atoms with E-state index in [-0.39, 0.29) is 17.5 Å². The van der Waals surface area contributed by atoms with Crippen LogP contribution in [0.4, 0.5) is 8.78 Å². The number of rotatable bonds is 6. The molecule has 0 aliphatic carbocycles. The van der Waals surface area contributed by atoms with Gasteiger partial charge in [0.1, 0.15) is 12.2 Å². The smallest absolute Gasteiger partial charge is 0.283 e. The van der Waals surface area contributed by atoms with Crippen molar-refractivity contribution in [3.8, 4) is 0 Å². The highest BCUT2D eigenvalue weighted by atomic mass is 35.5. The van der Waals surface area contributed by atoms with E-state index in [0.717, 1.165) is 12.8 Å². The molecule has 0 spiro atoms. The van der Waals surface area contributed by atoms with Gasteiger partial charge in [0.25, 0.3) is 6.43 Å². The van der Waals surface area contributed by atoms with E-state index in [1.54, 1.807) is 6.92 Å². The molecule has 0 atom stereocenters. The van der Waals surface area contributed by atoms with Crippen LogP contribution in [0.2, 0.25) is 5.02 Å². The highest BCUT2D eigenvalue weighted by Crippen LogP contribution is 2.28. The number of nitrogens with one attached hydrogen (secondary N) is 1. The number of carbonyl (C=O) groups is 1. The molecule has 18 heavy (non-hydrogen) atoms. The lowest BCUT2D eigenvalue weighted by Crippen LogP contribution is -2.29. The maximum Gasteiger partial charge on any atom is 0.283 e. The van der Waals surface area contributed by atoms with Crippen LogP contribution in [-0.4, -0.2) is 22.2 Å². The molecule has 0 saturated heterocycles.